The van der Waals surface area contributed by atoms with Crippen molar-refractivity contribution in [1.82, 2.24) is 10.2 Å². The second kappa shape index (κ2) is 7.29. The molecular weight excluding hydrogens is 280 g/mol. The van der Waals surface area contributed by atoms with Crippen molar-refractivity contribution in [2.24, 2.45) is 5.92 Å². The first-order valence-corrected chi connectivity index (χ1v) is 7.86. The maximum absolute atomic E-state index is 12.3. The molecule has 1 N–H and O–H groups in total. The largest absolute Gasteiger partial charge is 0.494 e. The molecule has 0 aliphatic carbocycles. The average Bonchev–Trinajstić information content (AvgIpc) is 2.89. The van der Waals surface area contributed by atoms with Gasteiger partial charge in [-0.2, -0.15) is 0 Å². The first-order chi connectivity index (χ1) is 10.5. The molecule has 5 nitrogen and oxygen atoms in total. The summed E-state index contributed by atoms with van der Waals surface area (Å²) < 4.78 is 5.48. The highest BCUT2D eigenvalue weighted by Crippen LogP contribution is 2.22. The molecular formula is C17H24N2O3. The molecule has 1 aromatic carbocycles. The van der Waals surface area contributed by atoms with Crippen LogP contribution in [0, 0.1) is 5.92 Å². The Hall–Kier alpha value is -2.04. The number of carbonyl (C=O) groups excluding carboxylic acids is 2. The quantitative estimate of drug-likeness (QED) is 0.876. The van der Waals surface area contributed by atoms with Crippen molar-refractivity contribution in [3.05, 3.63) is 29.8 Å². The number of rotatable bonds is 6. The van der Waals surface area contributed by atoms with Crippen LogP contribution in [0.15, 0.2) is 24.3 Å². The number of nitrogens with zero attached hydrogens (tertiary/aromatic N) is 1. The molecule has 1 saturated heterocycles. The van der Waals surface area contributed by atoms with Gasteiger partial charge in [-0.3, -0.25) is 9.59 Å². The van der Waals surface area contributed by atoms with Gasteiger partial charge in [0.1, 0.15) is 5.75 Å². The van der Waals surface area contributed by atoms with Crippen LogP contribution in [-0.4, -0.2) is 36.4 Å². The maximum Gasteiger partial charge on any atom is 0.225 e. The molecule has 0 aromatic heterocycles. The van der Waals surface area contributed by atoms with Gasteiger partial charge in [0.05, 0.1) is 18.6 Å². The van der Waals surface area contributed by atoms with Crippen LogP contribution in [0.2, 0.25) is 0 Å². The van der Waals surface area contributed by atoms with Crippen molar-refractivity contribution in [3.63, 3.8) is 0 Å². The van der Waals surface area contributed by atoms with E-state index in [1.807, 2.05) is 45.0 Å². The molecule has 1 aliphatic rings. The fraction of sp³-hybridized carbons (Fsp3) is 0.529. The van der Waals surface area contributed by atoms with Crippen LogP contribution in [0.4, 0.5) is 0 Å². The van der Waals surface area contributed by atoms with E-state index in [0.29, 0.717) is 26.1 Å². The first kappa shape index (κ1) is 16.3. The van der Waals surface area contributed by atoms with E-state index in [1.54, 1.807) is 4.90 Å². The van der Waals surface area contributed by atoms with Gasteiger partial charge >= 0.3 is 0 Å². The van der Waals surface area contributed by atoms with Crippen LogP contribution in [0.25, 0.3) is 0 Å². The number of ether oxygens (including phenoxy) is 1. The number of hydrogen-bond acceptors (Lipinski definition) is 3. The number of amides is 2. The summed E-state index contributed by atoms with van der Waals surface area (Å²) in [7, 11) is 0. The molecule has 0 spiro atoms. The van der Waals surface area contributed by atoms with Crippen molar-refractivity contribution < 1.29 is 14.3 Å². The van der Waals surface area contributed by atoms with Crippen LogP contribution in [0.5, 0.6) is 5.75 Å². The van der Waals surface area contributed by atoms with Crippen LogP contribution in [0.1, 0.15) is 38.8 Å². The number of likely N-dealkylation sites (tertiary alicyclic amines) is 1. The van der Waals surface area contributed by atoms with Crippen molar-refractivity contribution in [1.29, 1.82) is 0 Å². The molecule has 0 unspecified atom stereocenters. The fourth-order valence-corrected chi connectivity index (χ4v) is 2.71. The smallest absolute Gasteiger partial charge is 0.225 e. The molecule has 22 heavy (non-hydrogen) atoms. The third-order valence-electron chi connectivity index (χ3n) is 3.99. The third kappa shape index (κ3) is 3.78. The lowest BCUT2D eigenvalue weighted by Gasteiger charge is -2.18. The number of benzene rings is 1. The molecule has 1 aromatic rings. The maximum atomic E-state index is 12.3. The number of nitrogens with one attached hydrogen (secondary N) is 1. The Morgan fingerprint density at radius 1 is 1.45 bits per heavy atom. The zero-order valence-corrected chi connectivity index (χ0v) is 13.5. The third-order valence-corrected chi connectivity index (χ3v) is 3.99. The summed E-state index contributed by atoms with van der Waals surface area (Å²) in [6.07, 6.45) is 0.311. The molecule has 1 heterocycles. The average molecular weight is 304 g/mol. The summed E-state index contributed by atoms with van der Waals surface area (Å²) in [5.41, 5.74) is 0.996. The van der Waals surface area contributed by atoms with Gasteiger partial charge < -0.3 is 15.0 Å². The zero-order chi connectivity index (χ0) is 16.1. The van der Waals surface area contributed by atoms with Gasteiger partial charge in [-0.25, -0.2) is 0 Å². The summed E-state index contributed by atoms with van der Waals surface area (Å²) in [6, 6.07) is 7.61. The molecule has 0 bridgehead atoms. The van der Waals surface area contributed by atoms with Crippen molar-refractivity contribution in [3.8, 4) is 5.75 Å². The van der Waals surface area contributed by atoms with Crippen LogP contribution < -0.4 is 10.1 Å². The van der Waals surface area contributed by atoms with E-state index < -0.39 is 0 Å². The van der Waals surface area contributed by atoms with Crippen LogP contribution >= 0.6 is 0 Å². The highest BCUT2D eigenvalue weighted by molar-refractivity contribution is 5.89. The van der Waals surface area contributed by atoms with Gasteiger partial charge in [-0.15, -0.1) is 0 Å². The van der Waals surface area contributed by atoms with Crippen LogP contribution in [0.3, 0.4) is 0 Å². The minimum Gasteiger partial charge on any atom is -0.494 e. The zero-order valence-electron chi connectivity index (χ0n) is 13.5. The van der Waals surface area contributed by atoms with Crippen LogP contribution in [-0.2, 0) is 9.59 Å². The number of hydrogen-bond donors (Lipinski definition) is 1. The van der Waals surface area contributed by atoms with Gasteiger partial charge in [-0.05, 0) is 38.5 Å². The molecule has 120 valence electrons. The molecule has 5 heteroatoms. The highest BCUT2D eigenvalue weighted by atomic mass is 16.5. The van der Waals surface area contributed by atoms with Crippen molar-refractivity contribution in [2.45, 2.75) is 33.2 Å². The van der Waals surface area contributed by atoms with Gasteiger partial charge in [0.25, 0.3) is 0 Å². The predicted octanol–water partition coefficient (Wildman–Crippen LogP) is 2.13. The topological polar surface area (TPSA) is 58.6 Å². The molecule has 2 rings (SSSR count). The standard InChI is InChI=1S/C17H24N2O3/c1-4-19-11-14(10-16(19)20)17(21)18-12(3)13-7-6-8-15(9-13)22-5-2/h6-9,12,14H,4-5,10-11H2,1-3H3,(H,18,21)/t12-,14-/m1/s1. The van der Waals surface area contributed by atoms with E-state index in [4.69, 9.17) is 4.74 Å². The van der Waals surface area contributed by atoms with Crippen molar-refractivity contribution >= 4 is 11.8 Å². The summed E-state index contributed by atoms with van der Waals surface area (Å²) in [6.45, 7) is 7.61. The van der Waals surface area contributed by atoms with Gasteiger partial charge in [0.15, 0.2) is 0 Å². The highest BCUT2D eigenvalue weighted by Gasteiger charge is 2.33. The lowest BCUT2D eigenvalue weighted by molar-refractivity contribution is -0.129. The summed E-state index contributed by atoms with van der Waals surface area (Å²) in [4.78, 5) is 25.8. The second-order valence-corrected chi connectivity index (χ2v) is 5.57. The van der Waals surface area contributed by atoms with Gasteiger partial charge in [0.2, 0.25) is 11.8 Å². The Bertz CT molecular complexity index is 544. The molecule has 2 amide bonds. The normalized spacial score (nSPS) is 19.1. The monoisotopic (exact) mass is 304 g/mol. The van der Waals surface area contributed by atoms with Gasteiger partial charge in [-0.1, -0.05) is 12.1 Å². The summed E-state index contributed by atoms with van der Waals surface area (Å²) >= 11 is 0. The van der Waals surface area contributed by atoms with Crippen molar-refractivity contribution in [2.75, 3.05) is 19.7 Å². The van der Waals surface area contributed by atoms with E-state index in [1.165, 1.54) is 0 Å². The molecule has 0 saturated carbocycles. The summed E-state index contributed by atoms with van der Waals surface area (Å²) in [5.74, 6) is 0.562. The number of carbonyl (C=O) groups is 2. The lowest BCUT2D eigenvalue weighted by Crippen LogP contribution is -2.34. The summed E-state index contributed by atoms with van der Waals surface area (Å²) in [5, 5.41) is 3.00. The van der Waals surface area contributed by atoms with E-state index in [-0.39, 0.29) is 23.8 Å². The SMILES string of the molecule is CCOc1cccc([C@@H](C)NC(=O)[C@@H]2CC(=O)N(CC)C2)c1. The minimum absolute atomic E-state index is 0.0568. The van der Waals surface area contributed by atoms with E-state index in [0.717, 1.165) is 11.3 Å². The minimum atomic E-state index is -0.245. The Morgan fingerprint density at radius 3 is 2.86 bits per heavy atom. The molecule has 2 atom stereocenters. The Labute approximate surface area is 131 Å². The second-order valence-electron chi connectivity index (χ2n) is 5.57. The Balaban J connectivity index is 1.97. The fourth-order valence-electron chi connectivity index (χ4n) is 2.71. The molecule has 1 aliphatic heterocycles. The first-order valence-electron chi connectivity index (χ1n) is 7.86. The lowest BCUT2D eigenvalue weighted by atomic mass is 10.0. The Morgan fingerprint density at radius 2 is 2.23 bits per heavy atom. The van der Waals surface area contributed by atoms with E-state index >= 15 is 0 Å². The predicted molar refractivity (Wildman–Crippen MR) is 84.5 cm³/mol. The molecule has 0 radical (unpaired) electrons. The Kier molecular flexibility index (Phi) is 5.41. The van der Waals surface area contributed by atoms with E-state index in [2.05, 4.69) is 5.32 Å². The van der Waals surface area contributed by atoms with Gasteiger partial charge in [0, 0.05) is 19.5 Å². The molecule has 1 fully saturated rings. The van der Waals surface area contributed by atoms with E-state index in [9.17, 15) is 9.59 Å².